The highest BCUT2D eigenvalue weighted by molar-refractivity contribution is 7.12. The number of hydrazine groups is 1. The average Bonchev–Trinajstić information content (AvgIpc) is 2.90. The zero-order valence-corrected chi connectivity index (χ0v) is 11.8. The van der Waals surface area contributed by atoms with Gasteiger partial charge < -0.3 is 4.74 Å². The molecule has 2 rings (SSSR count). The smallest absolute Gasteiger partial charge is 0.170 e. The van der Waals surface area contributed by atoms with Crippen molar-refractivity contribution in [3.8, 4) is 5.75 Å². The number of hydrogen-bond acceptors (Lipinski definition) is 4. The van der Waals surface area contributed by atoms with Crippen LogP contribution in [0.1, 0.15) is 28.3 Å². The van der Waals surface area contributed by atoms with Crippen molar-refractivity contribution in [2.75, 3.05) is 7.11 Å². The van der Waals surface area contributed by atoms with E-state index in [9.17, 15) is 4.39 Å². The summed E-state index contributed by atoms with van der Waals surface area (Å²) >= 11 is 1.63. The third kappa shape index (κ3) is 2.78. The number of nitrogens with one attached hydrogen (secondary N) is 1. The molecule has 5 heteroatoms. The first-order chi connectivity index (χ1) is 9.21. The lowest BCUT2D eigenvalue weighted by atomic mass is 10.0. The maximum absolute atomic E-state index is 14.3. The fraction of sp³-hybridized carbons (Fsp3) is 0.286. The lowest BCUT2D eigenvalue weighted by molar-refractivity contribution is 0.382. The minimum absolute atomic E-state index is 0.227. The van der Waals surface area contributed by atoms with Gasteiger partial charge in [0.25, 0.3) is 0 Å². The molecule has 0 aliphatic rings. The van der Waals surface area contributed by atoms with Gasteiger partial charge in [-0.3, -0.25) is 5.84 Å². The molecule has 102 valence electrons. The molecule has 0 fully saturated rings. The van der Waals surface area contributed by atoms with E-state index >= 15 is 0 Å². The Kier molecular flexibility index (Phi) is 4.52. The third-order valence-electron chi connectivity index (χ3n) is 3.01. The highest BCUT2D eigenvalue weighted by Gasteiger charge is 2.20. The molecule has 0 spiro atoms. The minimum Gasteiger partial charge on any atom is -0.494 e. The number of hydrogen-bond donors (Lipinski definition) is 2. The van der Waals surface area contributed by atoms with Crippen molar-refractivity contribution in [3.05, 3.63) is 51.5 Å². The van der Waals surface area contributed by atoms with Crippen LogP contribution >= 0.6 is 11.3 Å². The summed E-state index contributed by atoms with van der Waals surface area (Å²) in [7, 11) is 1.45. The maximum Gasteiger partial charge on any atom is 0.170 e. The number of halogens is 1. The van der Waals surface area contributed by atoms with E-state index in [1.807, 2.05) is 12.1 Å². The van der Waals surface area contributed by atoms with Gasteiger partial charge in [0.2, 0.25) is 0 Å². The molecule has 0 saturated carbocycles. The van der Waals surface area contributed by atoms with Gasteiger partial charge in [-0.2, -0.15) is 0 Å². The molecule has 0 radical (unpaired) electrons. The molecule has 1 aromatic heterocycles. The van der Waals surface area contributed by atoms with E-state index < -0.39 is 0 Å². The van der Waals surface area contributed by atoms with E-state index in [2.05, 4.69) is 12.3 Å². The molecule has 3 N–H and O–H groups in total. The first-order valence-electron chi connectivity index (χ1n) is 6.08. The monoisotopic (exact) mass is 280 g/mol. The van der Waals surface area contributed by atoms with E-state index in [0.717, 1.165) is 11.3 Å². The van der Waals surface area contributed by atoms with Crippen LogP contribution in [0.15, 0.2) is 30.3 Å². The summed E-state index contributed by atoms with van der Waals surface area (Å²) in [5.41, 5.74) is 3.17. The SMILES string of the molecule is CCc1ccc(C(NN)c2cccc(OC)c2F)s1. The normalized spacial score (nSPS) is 12.4. The molecule has 1 aromatic carbocycles. The number of ether oxygens (including phenoxy) is 1. The largest absolute Gasteiger partial charge is 0.494 e. The second-order valence-electron chi connectivity index (χ2n) is 4.12. The van der Waals surface area contributed by atoms with Gasteiger partial charge in [-0.05, 0) is 24.6 Å². The van der Waals surface area contributed by atoms with Crippen LogP contribution in [-0.2, 0) is 6.42 Å². The molecule has 3 nitrogen and oxygen atoms in total. The maximum atomic E-state index is 14.3. The Bertz CT molecular complexity index is 556. The van der Waals surface area contributed by atoms with Gasteiger partial charge >= 0.3 is 0 Å². The number of rotatable bonds is 5. The van der Waals surface area contributed by atoms with Crippen LogP contribution in [0.25, 0.3) is 0 Å². The molecule has 0 aliphatic heterocycles. The Balaban J connectivity index is 2.42. The molecule has 1 atom stereocenters. The van der Waals surface area contributed by atoms with E-state index in [1.54, 1.807) is 29.5 Å². The van der Waals surface area contributed by atoms with Crippen molar-refractivity contribution < 1.29 is 9.13 Å². The van der Waals surface area contributed by atoms with E-state index in [-0.39, 0.29) is 17.6 Å². The average molecular weight is 280 g/mol. The minimum atomic E-state index is -0.376. The van der Waals surface area contributed by atoms with Crippen LogP contribution in [-0.4, -0.2) is 7.11 Å². The Morgan fingerprint density at radius 2 is 2.16 bits per heavy atom. The van der Waals surface area contributed by atoms with Gasteiger partial charge in [-0.1, -0.05) is 19.1 Å². The van der Waals surface area contributed by atoms with Gasteiger partial charge in [0, 0.05) is 15.3 Å². The topological polar surface area (TPSA) is 47.3 Å². The summed E-state index contributed by atoms with van der Waals surface area (Å²) in [5, 5.41) is 0. The van der Waals surface area contributed by atoms with Gasteiger partial charge in [-0.25, -0.2) is 9.82 Å². The van der Waals surface area contributed by atoms with Crippen molar-refractivity contribution in [1.82, 2.24) is 5.43 Å². The molecule has 0 bridgehead atoms. The van der Waals surface area contributed by atoms with Crippen molar-refractivity contribution in [1.29, 1.82) is 0 Å². The standard InChI is InChI=1S/C14H17FN2OS/c1-3-9-7-8-12(19-9)14(17-16)10-5-4-6-11(18-2)13(10)15/h4-8,14,17H,3,16H2,1-2H3. The van der Waals surface area contributed by atoms with Gasteiger partial charge in [0.1, 0.15) is 0 Å². The Morgan fingerprint density at radius 1 is 1.37 bits per heavy atom. The van der Waals surface area contributed by atoms with Crippen molar-refractivity contribution in [2.24, 2.45) is 5.84 Å². The van der Waals surface area contributed by atoms with Crippen LogP contribution < -0.4 is 16.0 Å². The second-order valence-corrected chi connectivity index (χ2v) is 5.32. The fourth-order valence-electron chi connectivity index (χ4n) is 1.97. The Hall–Kier alpha value is -1.43. The zero-order valence-electron chi connectivity index (χ0n) is 10.9. The summed E-state index contributed by atoms with van der Waals surface area (Å²) in [6, 6.07) is 8.73. The number of benzene rings is 1. The number of thiophene rings is 1. The summed E-state index contributed by atoms with van der Waals surface area (Å²) in [6.45, 7) is 2.09. The van der Waals surface area contributed by atoms with Gasteiger partial charge in [0.05, 0.1) is 13.2 Å². The first kappa shape index (κ1) is 14.0. The molecular formula is C14H17FN2OS. The van der Waals surface area contributed by atoms with E-state index in [0.29, 0.717) is 5.56 Å². The highest BCUT2D eigenvalue weighted by Crippen LogP contribution is 2.32. The summed E-state index contributed by atoms with van der Waals surface area (Å²) < 4.78 is 19.3. The lowest BCUT2D eigenvalue weighted by Crippen LogP contribution is -2.29. The predicted molar refractivity (Wildman–Crippen MR) is 75.8 cm³/mol. The van der Waals surface area contributed by atoms with Crippen molar-refractivity contribution in [2.45, 2.75) is 19.4 Å². The molecule has 0 aliphatic carbocycles. The third-order valence-corrected chi connectivity index (χ3v) is 4.30. The fourth-order valence-corrected chi connectivity index (χ4v) is 3.01. The van der Waals surface area contributed by atoms with Crippen molar-refractivity contribution >= 4 is 11.3 Å². The number of methoxy groups -OCH3 is 1. The van der Waals surface area contributed by atoms with Crippen LogP contribution in [0.3, 0.4) is 0 Å². The Morgan fingerprint density at radius 3 is 2.74 bits per heavy atom. The lowest BCUT2D eigenvalue weighted by Gasteiger charge is -2.16. The number of aryl methyl sites for hydroxylation is 1. The molecular weight excluding hydrogens is 263 g/mol. The molecule has 19 heavy (non-hydrogen) atoms. The van der Waals surface area contributed by atoms with Crippen molar-refractivity contribution in [3.63, 3.8) is 0 Å². The van der Waals surface area contributed by atoms with E-state index in [4.69, 9.17) is 10.6 Å². The summed E-state index contributed by atoms with van der Waals surface area (Å²) in [4.78, 5) is 2.24. The molecule has 0 amide bonds. The van der Waals surface area contributed by atoms with Gasteiger partial charge in [-0.15, -0.1) is 11.3 Å². The summed E-state index contributed by atoms with van der Waals surface area (Å²) in [5.74, 6) is 5.45. The van der Waals surface area contributed by atoms with Gasteiger partial charge in [0.15, 0.2) is 11.6 Å². The Labute approximate surface area is 116 Å². The van der Waals surface area contributed by atoms with E-state index in [1.165, 1.54) is 12.0 Å². The molecule has 0 saturated heterocycles. The van der Waals surface area contributed by atoms with Crippen LogP contribution in [0.2, 0.25) is 0 Å². The van der Waals surface area contributed by atoms with Crippen LogP contribution in [0.5, 0.6) is 5.75 Å². The summed E-state index contributed by atoms with van der Waals surface area (Å²) in [6.07, 6.45) is 0.961. The van der Waals surface area contributed by atoms with Crippen LogP contribution in [0, 0.1) is 5.82 Å². The molecule has 2 aromatic rings. The molecule has 1 unspecified atom stereocenters. The second kappa shape index (κ2) is 6.14. The molecule has 1 heterocycles. The number of nitrogens with two attached hydrogens (primary N) is 1. The highest BCUT2D eigenvalue weighted by atomic mass is 32.1. The quantitative estimate of drug-likeness (QED) is 0.654. The van der Waals surface area contributed by atoms with Crippen LogP contribution in [0.4, 0.5) is 4.39 Å². The predicted octanol–water partition coefficient (Wildman–Crippen LogP) is 3.01. The zero-order chi connectivity index (χ0) is 13.8. The first-order valence-corrected chi connectivity index (χ1v) is 6.90.